The normalized spacial score (nSPS) is 11.0. The van der Waals surface area contributed by atoms with E-state index in [1.54, 1.807) is 14.2 Å². The van der Waals surface area contributed by atoms with Crippen LogP contribution < -0.4 is 14.8 Å². The Morgan fingerprint density at radius 3 is 2.72 bits per heavy atom. The number of hydrogen-bond acceptors (Lipinski definition) is 5. The standard InChI is InChI=1S/C22H19ClN2O3S/c1-27-14-8-7-13(18(11-14)28-2)9-10-24-22(26)19-12-16-20(29-19)15-5-3-4-6-17(15)25-21(16)23/h3-8,11-12H,9-10H2,1-2H3,(H,24,26). The van der Waals surface area contributed by atoms with Gasteiger partial charge < -0.3 is 14.8 Å². The van der Waals surface area contributed by atoms with Crippen molar-refractivity contribution in [3.63, 3.8) is 0 Å². The van der Waals surface area contributed by atoms with Gasteiger partial charge in [0.2, 0.25) is 0 Å². The van der Waals surface area contributed by atoms with E-state index in [9.17, 15) is 4.79 Å². The van der Waals surface area contributed by atoms with Gasteiger partial charge in [-0.3, -0.25) is 4.79 Å². The Labute approximate surface area is 177 Å². The van der Waals surface area contributed by atoms with Crippen molar-refractivity contribution in [2.45, 2.75) is 6.42 Å². The lowest BCUT2D eigenvalue weighted by Gasteiger charge is -2.10. The predicted molar refractivity (Wildman–Crippen MR) is 118 cm³/mol. The summed E-state index contributed by atoms with van der Waals surface area (Å²) in [5, 5.41) is 5.19. The molecule has 2 aromatic heterocycles. The largest absolute Gasteiger partial charge is 0.497 e. The monoisotopic (exact) mass is 426 g/mol. The molecular weight excluding hydrogens is 408 g/mol. The number of hydrogen-bond donors (Lipinski definition) is 1. The molecule has 0 atom stereocenters. The van der Waals surface area contributed by atoms with Crippen molar-refractivity contribution in [3.8, 4) is 11.5 Å². The first kappa shape index (κ1) is 19.5. The van der Waals surface area contributed by atoms with Crippen molar-refractivity contribution < 1.29 is 14.3 Å². The van der Waals surface area contributed by atoms with Gasteiger partial charge in [-0.05, 0) is 30.2 Å². The van der Waals surface area contributed by atoms with Gasteiger partial charge in [-0.25, -0.2) is 4.98 Å². The summed E-state index contributed by atoms with van der Waals surface area (Å²) < 4.78 is 11.6. The molecule has 1 N–H and O–H groups in total. The molecule has 0 aliphatic rings. The summed E-state index contributed by atoms with van der Waals surface area (Å²) in [5.74, 6) is 1.35. The van der Waals surface area contributed by atoms with E-state index < -0.39 is 0 Å². The summed E-state index contributed by atoms with van der Waals surface area (Å²) in [7, 11) is 3.24. The van der Waals surface area contributed by atoms with Crippen LogP contribution in [0.25, 0.3) is 21.0 Å². The van der Waals surface area contributed by atoms with Crippen molar-refractivity contribution >= 4 is 49.8 Å². The van der Waals surface area contributed by atoms with Crippen molar-refractivity contribution in [1.29, 1.82) is 0 Å². The average Bonchev–Trinajstić information content (AvgIpc) is 3.20. The van der Waals surface area contributed by atoms with Crippen LogP contribution in [0.1, 0.15) is 15.2 Å². The molecule has 0 aliphatic carbocycles. The zero-order valence-electron chi connectivity index (χ0n) is 16.0. The Kier molecular flexibility index (Phi) is 5.56. The molecule has 0 bridgehead atoms. The lowest BCUT2D eigenvalue weighted by molar-refractivity contribution is 0.0958. The summed E-state index contributed by atoms with van der Waals surface area (Å²) >= 11 is 7.77. The number of benzene rings is 2. The molecule has 0 fully saturated rings. The van der Waals surface area contributed by atoms with Crippen LogP contribution in [0.2, 0.25) is 5.15 Å². The zero-order valence-corrected chi connectivity index (χ0v) is 17.6. The number of para-hydroxylation sites is 1. The van der Waals surface area contributed by atoms with Gasteiger partial charge in [-0.1, -0.05) is 35.9 Å². The highest BCUT2D eigenvalue weighted by molar-refractivity contribution is 7.21. The first-order valence-corrected chi connectivity index (χ1v) is 10.3. The lowest BCUT2D eigenvalue weighted by Crippen LogP contribution is -2.24. The number of ether oxygens (including phenoxy) is 2. The number of carbonyl (C=O) groups excluding carboxylic acids is 1. The van der Waals surface area contributed by atoms with E-state index in [1.165, 1.54) is 11.3 Å². The first-order valence-electron chi connectivity index (χ1n) is 9.07. The highest BCUT2D eigenvalue weighted by atomic mass is 35.5. The number of nitrogens with zero attached hydrogens (tertiary/aromatic N) is 1. The summed E-state index contributed by atoms with van der Waals surface area (Å²) in [4.78, 5) is 17.7. The summed E-state index contributed by atoms with van der Waals surface area (Å²) in [5.41, 5.74) is 1.83. The minimum atomic E-state index is -0.126. The number of amides is 1. The van der Waals surface area contributed by atoms with Crippen LogP contribution in [0.4, 0.5) is 0 Å². The van der Waals surface area contributed by atoms with Gasteiger partial charge in [0.1, 0.15) is 16.7 Å². The van der Waals surface area contributed by atoms with Crippen LogP contribution >= 0.6 is 22.9 Å². The maximum Gasteiger partial charge on any atom is 0.261 e. The van der Waals surface area contributed by atoms with E-state index in [-0.39, 0.29) is 5.91 Å². The van der Waals surface area contributed by atoms with E-state index in [1.807, 2.05) is 48.5 Å². The van der Waals surface area contributed by atoms with E-state index in [0.29, 0.717) is 23.0 Å². The smallest absolute Gasteiger partial charge is 0.261 e. The third-order valence-electron chi connectivity index (χ3n) is 4.72. The molecular formula is C22H19ClN2O3S. The molecule has 7 heteroatoms. The van der Waals surface area contributed by atoms with E-state index in [0.717, 1.165) is 38.1 Å². The molecule has 5 nitrogen and oxygen atoms in total. The molecule has 0 spiro atoms. The van der Waals surface area contributed by atoms with Crippen LogP contribution in [-0.2, 0) is 6.42 Å². The van der Waals surface area contributed by atoms with Crippen molar-refractivity contribution in [2.24, 2.45) is 0 Å². The summed E-state index contributed by atoms with van der Waals surface area (Å²) in [6, 6.07) is 15.3. The number of aromatic nitrogens is 1. The maximum absolute atomic E-state index is 12.7. The van der Waals surface area contributed by atoms with Gasteiger partial charge >= 0.3 is 0 Å². The fourth-order valence-electron chi connectivity index (χ4n) is 3.24. The SMILES string of the molecule is COc1ccc(CCNC(=O)c2cc3c(Cl)nc4ccccc4c3s2)c(OC)c1. The Hall–Kier alpha value is -2.83. The third-order valence-corrected chi connectivity index (χ3v) is 6.17. The van der Waals surface area contributed by atoms with Crippen LogP contribution in [0.5, 0.6) is 11.5 Å². The second kappa shape index (κ2) is 8.27. The van der Waals surface area contributed by atoms with Gasteiger partial charge in [0.05, 0.1) is 24.6 Å². The first-order chi connectivity index (χ1) is 14.1. The number of rotatable bonds is 6. The van der Waals surface area contributed by atoms with Gasteiger partial charge in [0.15, 0.2) is 0 Å². The summed E-state index contributed by atoms with van der Waals surface area (Å²) in [6.45, 7) is 0.489. The Balaban J connectivity index is 1.51. The molecule has 148 valence electrons. The summed E-state index contributed by atoms with van der Waals surface area (Å²) in [6.07, 6.45) is 0.648. The average molecular weight is 427 g/mol. The number of thiophene rings is 1. The zero-order chi connectivity index (χ0) is 20.4. The lowest BCUT2D eigenvalue weighted by atomic mass is 10.1. The number of fused-ring (bicyclic) bond motifs is 3. The Bertz CT molecular complexity index is 1210. The molecule has 0 aliphatic heterocycles. The molecule has 29 heavy (non-hydrogen) atoms. The number of halogens is 1. The highest BCUT2D eigenvalue weighted by Gasteiger charge is 2.15. The Morgan fingerprint density at radius 2 is 1.93 bits per heavy atom. The molecule has 0 saturated carbocycles. The molecule has 2 heterocycles. The molecule has 2 aromatic carbocycles. The minimum absolute atomic E-state index is 0.126. The fourth-order valence-corrected chi connectivity index (χ4v) is 4.65. The topological polar surface area (TPSA) is 60.5 Å². The second-order valence-corrected chi connectivity index (χ2v) is 7.87. The molecule has 1 amide bonds. The van der Waals surface area contributed by atoms with E-state index in [2.05, 4.69) is 10.3 Å². The van der Waals surface area contributed by atoms with E-state index >= 15 is 0 Å². The van der Waals surface area contributed by atoms with E-state index in [4.69, 9.17) is 21.1 Å². The van der Waals surface area contributed by atoms with Crippen LogP contribution in [0.15, 0.2) is 48.5 Å². The van der Waals surface area contributed by atoms with Crippen LogP contribution in [0, 0.1) is 0 Å². The number of methoxy groups -OCH3 is 2. The maximum atomic E-state index is 12.7. The van der Waals surface area contributed by atoms with Crippen molar-refractivity contribution in [3.05, 3.63) is 64.1 Å². The quantitative estimate of drug-likeness (QED) is 0.436. The fraction of sp³-hybridized carbons (Fsp3) is 0.182. The van der Waals surface area contributed by atoms with Crippen LogP contribution in [0.3, 0.4) is 0 Å². The number of carbonyl (C=O) groups is 1. The van der Waals surface area contributed by atoms with Gasteiger partial charge in [0, 0.05) is 28.1 Å². The van der Waals surface area contributed by atoms with Gasteiger partial charge in [-0.15, -0.1) is 11.3 Å². The number of nitrogens with one attached hydrogen (secondary N) is 1. The minimum Gasteiger partial charge on any atom is -0.497 e. The predicted octanol–water partition coefficient (Wildman–Crippen LogP) is 5.09. The molecule has 4 aromatic rings. The van der Waals surface area contributed by atoms with Crippen LogP contribution in [-0.4, -0.2) is 31.7 Å². The van der Waals surface area contributed by atoms with Crippen molar-refractivity contribution in [1.82, 2.24) is 10.3 Å². The molecule has 0 radical (unpaired) electrons. The molecule has 4 rings (SSSR count). The third kappa shape index (κ3) is 3.86. The second-order valence-electron chi connectivity index (χ2n) is 6.46. The van der Waals surface area contributed by atoms with Gasteiger partial charge in [0.25, 0.3) is 5.91 Å². The van der Waals surface area contributed by atoms with Gasteiger partial charge in [-0.2, -0.15) is 0 Å². The number of pyridine rings is 1. The molecule has 0 saturated heterocycles. The Morgan fingerprint density at radius 1 is 1.10 bits per heavy atom. The molecule has 0 unspecified atom stereocenters. The van der Waals surface area contributed by atoms with Crippen molar-refractivity contribution in [2.75, 3.05) is 20.8 Å². The highest BCUT2D eigenvalue weighted by Crippen LogP contribution is 2.35.